The second-order valence-electron chi connectivity index (χ2n) is 5.21. The number of nitrogens with two attached hydrogens (primary N) is 1. The van der Waals surface area contributed by atoms with Crippen molar-refractivity contribution in [1.82, 2.24) is 0 Å². The summed E-state index contributed by atoms with van der Waals surface area (Å²) >= 11 is 0. The molecular weight excluding hydrogens is 242 g/mol. The van der Waals surface area contributed by atoms with Gasteiger partial charge in [-0.3, -0.25) is 0 Å². The molecule has 100 valence electrons. The maximum absolute atomic E-state index is 6.39. The van der Waals surface area contributed by atoms with Gasteiger partial charge in [0, 0.05) is 6.04 Å². The predicted octanol–water partition coefficient (Wildman–Crippen LogP) is 4.96. The third kappa shape index (κ3) is 2.21. The van der Waals surface area contributed by atoms with Gasteiger partial charge >= 0.3 is 0 Å². The lowest BCUT2D eigenvalue weighted by Crippen LogP contribution is -2.10. The van der Waals surface area contributed by atoms with Crippen molar-refractivity contribution < 1.29 is 0 Å². The normalized spacial score (nSPS) is 12.7. The van der Waals surface area contributed by atoms with Gasteiger partial charge < -0.3 is 5.73 Å². The van der Waals surface area contributed by atoms with Crippen LogP contribution in [0.4, 0.5) is 0 Å². The highest BCUT2D eigenvalue weighted by atomic mass is 14.6. The molecule has 3 rings (SSSR count). The Kier molecular flexibility index (Phi) is 3.53. The van der Waals surface area contributed by atoms with E-state index < -0.39 is 0 Å². The fourth-order valence-electron chi connectivity index (χ4n) is 2.84. The first-order valence-electron chi connectivity index (χ1n) is 7.08. The van der Waals surface area contributed by atoms with Gasteiger partial charge in [-0.2, -0.15) is 0 Å². The largest absolute Gasteiger partial charge is 0.324 e. The van der Waals surface area contributed by atoms with Crippen LogP contribution in [0.1, 0.15) is 24.4 Å². The van der Waals surface area contributed by atoms with Crippen LogP contribution < -0.4 is 5.73 Å². The average Bonchev–Trinajstić information content (AvgIpc) is 2.52. The van der Waals surface area contributed by atoms with Gasteiger partial charge in [0.2, 0.25) is 0 Å². The summed E-state index contributed by atoms with van der Waals surface area (Å²) in [5.74, 6) is 0. The van der Waals surface area contributed by atoms with Gasteiger partial charge in [-0.15, -0.1) is 6.58 Å². The number of hydrogen-bond donors (Lipinski definition) is 1. The molecule has 0 saturated carbocycles. The van der Waals surface area contributed by atoms with E-state index in [4.69, 9.17) is 5.73 Å². The summed E-state index contributed by atoms with van der Waals surface area (Å²) in [7, 11) is 0. The Morgan fingerprint density at radius 1 is 0.950 bits per heavy atom. The minimum Gasteiger partial charge on any atom is -0.324 e. The Balaban J connectivity index is 2.26. The highest BCUT2D eigenvalue weighted by Gasteiger charge is 2.11. The Labute approximate surface area is 119 Å². The molecule has 0 unspecified atom stereocenters. The molecule has 0 fully saturated rings. The van der Waals surface area contributed by atoms with E-state index in [0.29, 0.717) is 0 Å². The van der Waals surface area contributed by atoms with Crippen molar-refractivity contribution in [1.29, 1.82) is 0 Å². The standard InChI is InChI=1S/C19H19N/c1-2-3-12-19(20)18-13-14-8-4-5-9-15(14)16-10-6-7-11-17(16)18/h2,4-11,13,19H,1,3,12,20H2/t19-/m0/s1. The van der Waals surface area contributed by atoms with Crippen LogP contribution in [0.25, 0.3) is 21.5 Å². The lowest BCUT2D eigenvalue weighted by molar-refractivity contribution is 0.667. The molecule has 1 nitrogen and oxygen atoms in total. The lowest BCUT2D eigenvalue weighted by atomic mass is 9.92. The van der Waals surface area contributed by atoms with Gasteiger partial charge in [0.15, 0.2) is 0 Å². The van der Waals surface area contributed by atoms with Crippen LogP contribution in [0, 0.1) is 0 Å². The van der Waals surface area contributed by atoms with Crippen LogP contribution >= 0.6 is 0 Å². The van der Waals surface area contributed by atoms with Crippen LogP contribution in [-0.2, 0) is 0 Å². The molecule has 3 aromatic carbocycles. The zero-order valence-corrected chi connectivity index (χ0v) is 11.5. The molecule has 0 heterocycles. The summed E-state index contributed by atoms with van der Waals surface area (Å²) in [5, 5.41) is 5.11. The van der Waals surface area contributed by atoms with E-state index in [2.05, 4.69) is 61.2 Å². The Morgan fingerprint density at radius 3 is 2.35 bits per heavy atom. The van der Waals surface area contributed by atoms with Crippen molar-refractivity contribution in [2.24, 2.45) is 5.73 Å². The number of allylic oxidation sites excluding steroid dienone is 1. The zero-order chi connectivity index (χ0) is 13.9. The molecule has 0 spiro atoms. The minimum absolute atomic E-state index is 0.0579. The first-order valence-corrected chi connectivity index (χ1v) is 7.08. The van der Waals surface area contributed by atoms with Crippen molar-refractivity contribution in [2.75, 3.05) is 0 Å². The predicted molar refractivity (Wildman–Crippen MR) is 87.8 cm³/mol. The summed E-state index contributed by atoms with van der Waals surface area (Å²) in [6.07, 6.45) is 3.82. The van der Waals surface area contributed by atoms with Crippen LogP contribution in [0.3, 0.4) is 0 Å². The smallest absolute Gasteiger partial charge is 0.0304 e. The average molecular weight is 261 g/mol. The summed E-state index contributed by atoms with van der Waals surface area (Å²) in [5.41, 5.74) is 7.63. The van der Waals surface area contributed by atoms with Gasteiger partial charge in [-0.25, -0.2) is 0 Å². The highest BCUT2D eigenvalue weighted by Crippen LogP contribution is 2.32. The number of hydrogen-bond acceptors (Lipinski definition) is 1. The number of fused-ring (bicyclic) bond motifs is 3. The summed E-state index contributed by atoms with van der Waals surface area (Å²) in [6, 6.07) is 19.3. The molecule has 0 aliphatic heterocycles. The first-order chi connectivity index (χ1) is 9.81. The van der Waals surface area contributed by atoms with E-state index in [1.54, 1.807) is 0 Å². The van der Waals surface area contributed by atoms with Crippen LogP contribution in [0.5, 0.6) is 0 Å². The molecular formula is C19H19N. The topological polar surface area (TPSA) is 26.0 Å². The summed E-state index contributed by atoms with van der Waals surface area (Å²) in [4.78, 5) is 0. The Hall–Kier alpha value is -2.12. The van der Waals surface area contributed by atoms with Gasteiger partial charge in [-0.05, 0) is 46.0 Å². The second-order valence-corrected chi connectivity index (χ2v) is 5.21. The van der Waals surface area contributed by atoms with E-state index >= 15 is 0 Å². The molecule has 20 heavy (non-hydrogen) atoms. The van der Waals surface area contributed by atoms with Crippen molar-refractivity contribution in [2.45, 2.75) is 18.9 Å². The molecule has 1 heteroatoms. The van der Waals surface area contributed by atoms with Gasteiger partial charge in [-0.1, -0.05) is 54.6 Å². The van der Waals surface area contributed by atoms with E-state index in [1.807, 2.05) is 6.08 Å². The third-order valence-electron chi connectivity index (χ3n) is 3.88. The van der Waals surface area contributed by atoms with Crippen molar-refractivity contribution >= 4 is 21.5 Å². The molecule has 0 radical (unpaired) electrons. The molecule has 0 amide bonds. The maximum Gasteiger partial charge on any atom is 0.0304 e. The second kappa shape index (κ2) is 5.48. The van der Waals surface area contributed by atoms with Crippen LogP contribution in [-0.4, -0.2) is 0 Å². The van der Waals surface area contributed by atoms with Crippen molar-refractivity contribution in [3.63, 3.8) is 0 Å². The molecule has 0 aliphatic carbocycles. The van der Waals surface area contributed by atoms with Crippen molar-refractivity contribution in [3.8, 4) is 0 Å². The number of benzene rings is 3. The molecule has 0 bridgehead atoms. The molecule has 3 aromatic rings. The molecule has 1 atom stereocenters. The Bertz CT molecular complexity index is 758. The molecule has 0 aliphatic rings. The van der Waals surface area contributed by atoms with E-state index in [-0.39, 0.29) is 6.04 Å². The molecule has 2 N–H and O–H groups in total. The maximum atomic E-state index is 6.39. The molecule has 0 saturated heterocycles. The van der Waals surface area contributed by atoms with E-state index in [0.717, 1.165) is 12.8 Å². The van der Waals surface area contributed by atoms with Crippen molar-refractivity contribution in [3.05, 3.63) is 72.8 Å². The summed E-state index contributed by atoms with van der Waals surface area (Å²) < 4.78 is 0. The SMILES string of the molecule is C=CCC[C@H](N)c1cc2ccccc2c2ccccc12. The third-order valence-corrected chi connectivity index (χ3v) is 3.88. The highest BCUT2D eigenvalue weighted by molar-refractivity contribution is 6.09. The van der Waals surface area contributed by atoms with Crippen LogP contribution in [0.15, 0.2) is 67.3 Å². The van der Waals surface area contributed by atoms with Gasteiger partial charge in [0.05, 0.1) is 0 Å². The fourth-order valence-corrected chi connectivity index (χ4v) is 2.84. The molecule has 0 aromatic heterocycles. The first kappa shape index (κ1) is 12.9. The zero-order valence-electron chi connectivity index (χ0n) is 11.5. The van der Waals surface area contributed by atoms with Crippen LogP contribution in [0.2, 0.25) is 0 Å². The number of rotatable bonds is 4. The monoisotopic (exact) mass is 261 g/mol. The minimum atomic E-state index is 0.0579. The Morgan fingerprint density at radius 2 is 1.60 bits per heavy atom. The van der Waals surface area contributed by atoms with E-state index in [9.17, 15) is 0 Å². The summed E-state index contributed by atoms with van der Waals surface area (Å²) in [6.45, 7) is 3.78. The lowest BCUT2D eigenvalue weighted by Gasteiger charge is -2.16. The fraction of sp³-hybridized carbons (Fsp3) is 0.158. The van der Waals surface area contributed by atoms with E-state index in [1.165, 1.54) is 27.1 Å². The quantitative estimate of drug-likeness (QED) is 0.521. The van der Waals surface area contributed by atoms with Gasteiger partial charge in [0.25, 0.3) is 0 Å². The van der Waals surface area contributed by atoms with Gasteiger partial charge in [0.1, 0.15) is 0 Å².